The molecule has 1 aliphatic heterocycles. The second kappa shape index (κ2) is 17.9. The molecule has 1 aliphatic carbocycles. The molecule has 5 atom stereocenters. The molecule has 0 bridgehead atoms. The summed E-state index contributed by atoms with van der Waals surface area (Å²) in [4.78, 5) is 80.0. The van der Waals surface area contributed by atoms with Crippen LogP contribution in [0.4, 0.5) is 4.79 Å². The van der Waals surface area contributed by atoms with Crippen molar-refractivity contribution in [2.75, 3.05) is 20.1 Å². The van der Waals surface area contributed by atoms with Gasteiger partial charge < -0.3 is 31.5 Å². The van der Waals surface area contributed by atoms with Crippen molar-refractivity contribution >= 4 is 35.4 Å². The molecule has 6 amide bonds. The van der Waals surface area contributed by atoms with Crippen LogP contribution in [0.5, 0.6) is 0 Å². The molecule has 2 fully saturated rings. The van der Waals surface area contributed by atoms with Crippen molar-refractivity contribution in [1.29, 1.82) is 0 Å². The molecule has 45 heavy (non-hydrogen) atoms. The fourth-order valence-electron chi connectivity index (χ4n) is 5.30. The Kier molecular flexibility index (Phi) is 15.7. The lowest BCUT2D eigenvalue weighted by atomic mass is 9.80. The highest BCUT2D eigenvalue weighted by molar-refractivity contribution is 6.37. The molecule has 0 spiro atoms. The third-order valence-electron chi connectivity index (χ3n) is 8.11. The van der Waals surface area contributed by atoms with Gasteiger partial charge in [0.25, 0.3) is 5.91 Å². The summed E-state index contributed by atoms with van der Waals surface area (Å²) in [6, 6.07) is -4.46. The Hall–Kier alpha value is -3.44. The second-order valence-electron chi connectivity index (χ2n) is 14.2. The maximum Gasteiger partial charge on any atom is 0.316 e. The van der Waals surface area contributed by atoms with E-state index in [9.17, 15) is 28.8 Å². The standard InChI is InChI=1S/C29H48N6O6.C4H10/c1-8-13-34(7)26(39)17(3)31-28(41)33-23(29(4,5)6)27(40)35-16-18(9-2)15-21(35)25(38)32-20(22(36)24(30)37)14-19-11-10-12-19;1-4(2)3/h8,17-21,23H,1,9-16H2,2-7H3,(H2,30,37)(H,32,38)(H2,31,33,41);4H,1-3H3/t17?,18-,20?,21+,23?;/m1./s1. The number of nitrogens with one attached hydrogen (secondary N) is 3. The Balaban J connectivity index is 0.00000238. The molecule has 5 N–H and O–H groups in total. The molecular weight excluding hydrogens is 576 g/mol. The van der Waals surface area contributed by atoms with E-state index in [2.05, 4.69) is 43.3 Å². The molecule has 0 aromatic rings. The smallest absolute Gasteiger partial charge is 0.316 e. The van der Waals surface area contributed by atoms with E-state index >= 15 is 0 Å². The number of amides is 6. The first-order valence-electron chi connectivity index (χ1n) is 16.2. The molecule has 0 radical (unpaired) electrons. The van der Waals surface area contributed by atoms with Gasteiger partial charge in [0.05, 0.1) is 6.04 Å². The number of urea groups is 1. The lowest BCUT2D eigenvalue weighted by Gasteiger charge is -2.36. The van der Waals surface area contributed by atoms with Gasteiger partial charge in [-0.2, -0.15) is 0 Å². The van der Waals surface area contributed by atoms with Crippen LogP contribution in [-0.4, -0.2) is 89.5 Å². The third-order valence-corrected chi connectivity index (χ3v) is 8.11. The summed E-state index contributed by atoms with van der Waals surface area (Å²) in [5.41, 5.74) is 4.53. The molecule has 3 unspecified atom stereocenters. The first-order chi connectivity index (χ1) is 20.8. The van der Waals surface area contributed by atoms with E-state index in [0.717, 1.165) is 31.6 Å². The van der Waals surface area contributed by atoms with Crippen LogP contribution in [0.15, 0.2) is 12.7 Å². The normalized spacial score (nSPS) is 20.0. The molecule has 0 aromatic carbocycles. The quantitative estimate of drug-likeness (QED) is 0.179. The molecule has 2 rings (SSSR count). The number of carbonyl (C=O) groups is 6. The van der Waals surface area contributed by atoms with Gasteiger partial charge in [-0.3, -0.25) is 24.0 Å². The van der Waals surface area contributed by atoms with Crippen LogP contribution in [0.2, 0.25) is 0 Å². The number of nitrogens with two attached hydrogens (primary N) is 1. The van der Waals surface area contributed by atoms with Crippen molar-refractivity contribution in [2.45, 2.75) is 118 Å². The molecular formula is C33H58N6O6. The van der Waals surface area contributed by atoms with Gasteiger partial charge in [-0.25, -0.2) is 4.79 Å². The van der Waals surface area contributed by atoms with Crippen LogP contribution < -0.4 is 21.7 Å². The van der Waals surface area contributed by atoms with Gasteiger partial charge in [0.2, 0.25) is 23.5 Å². The average Bonchev–Trinajstić information content (AvgIpc) is 3.35. The number of nitrogens with zero attached hydrogens (tertiary/aromatic N) is 2. The molecule has 2 aliphatic rings. The van der Waals surface area contributed by atoms with E-state index < -0.39 is 59.1 Å². The van der Waals surface area contributed by atoms with E-state index in [0.29, 0.717) is 25.9 Å². The minimum atomic E-state index is -1.10. The number of likely N-dealkylation sites (N-methyl/N-ethyl adjacent to an activating group) is 1. The van der Waals surface area contributed by atoms with Gasteiger partial charge in [-0.15, -0.1) is 6.58 Å². The maximum absolute atomic E-state index is 14.0. The lowest BCUT2D eigenvalue weighted by molar-refractivity contribution is -0.143. The van der Waals surface area contributed by atoms with Crippen molar-refractivity contribution in [2.24, 2.45) is 28.9 Å². The van der Waals surface area contributed by atoms with Crippen molar-refractivity contribution in [1.82, 2.24) is 25.8 Å². The Morgan fingerprint density at radius 1 is 1.00 bits per heavy atom. The topological polar surface area (TPSA) is 171 Å². The van der Waals surface area contributed by atoms with E-state index in [1.807, 2.05) is 6.92 Å². The predicted molar refractivity (Wildman–Crippen MR) is 175 cm³/mol. The Bertz CT molecular complexity index is 1060. The Labute approximate surface area is 269 Å². The van der Waals surface area contributed by atoms with E-state index in [4.69, 9.17) is 5.73 Å². The minimum Gasteiger partial charge on any atom is -0.363 e. The predicted octanol–water partition coefficient (Wildman–Crippen LogP) is 2.75. The van der Waals surface area contributed by atoms with E-state index in [-0.39, 0.29) is 17.7 Å². The number of hydrogen-bond acceptors (Lipinski definition) is 6. The summed E-state index contributed by atoms with van der Waals surface area (Å²) in [5.74, 6) is -2.12. The lowest BCUT2D eigenvalue weighted by Crippen LogP contribution is -2.61. The number of likely N-dealkylation sites (tertiary alicyclic amines) is 1. The summed E-state index contributed by atoms with van der Waals surface area (Å²) in [5, 5.41) is 8.03. The van der Waals surface area contributed by atoms with Crippen LogP contribution in [0.3, 0.4) is 0 Å². The highest BCUT2D eigenvalue weighted by atomic mass is 16.2. The molecule has 0 aromatic heterocycles. The van der Waals surface area contributed by atoms with Crippen LogP contribution in [-0.2, 0) is 24.0 Å². The summed E-state index contributed by atoms with van der Waals surface area (Å²) < 4.78 is 0. The zero-order valence-corrected chi connectivity index (χ0v) is 28.9. The first kappa shape index (κ1) is 39.6. The van der Waals surface area contributed by atoms with Crippen LogP contribution in [0.25, 0.3) is 0 Å². The number of hydrogen-bond donors (Lipinski definition) is 4. The zero-order chi connectivity index (χ0) is 34.6. The van der Waals surface area contributed by atoms with Crippen molar-refractivity contribution in [3.05, 3.63) is 12.7 Å². The highest BCUT2D eigenvalue weighted by Crippen LogP contribution is 2.32. The largest absolute Gasteiger partial charge is 0.363 e. The number of primary amides is 1. The van der Waals surface area contributed by atoms with Crippen LogP contribution in [0, 0.1) is 23.2 Å². The summed E-state index contributed by atoms with van der Waals surface area (Å²) in [6.45, 7) is 19.6. The van der Waals surface area contributed by atoms with Gasteiger partial charge in [0.1, 0.15) is 18.1 Å². The molecule has 1 saturated heterocycles. The second-order valence-corrected chi connectivity index (χ2v) is 14.2. The van der Waals surface area contributed by atoms with Gasteiger partial charge in [-0.1, -0.05) is 80.2 Å². The van der Waals surface area contributed by atoms with Gasteiger partial charge in [0.15, 0.2) is 0 Å². The Morgan fingerprint density at radius 3 is 2.02 bits per heavy atom. The maximum atomic E-state index is 14.0. The zero-order valence-electron chi connectivity index (χ0n) is 28.9. The van der Waals surface area contributed by atoms with Crippen LogP contribution in [0.1, 0.15) is 93.9 Å². The number of rotatable bonds is 13. The van der Waals surface area contributed by atoms with Gasteiger partial charge >= 0.3 is 6.03 Å². The monoisotopic (exact) mass is 634 g/mol. The van der Waals surface area contributed by atoms with Gasteiger partial charge in [0, 0.05) is 20.1 Å². The molecule has 12 heteroatoms. The van der Waals surface area contributed by atoms with E-state index in [1.54, 1.807) is 40.8 Å². The van der Waals surface area contributed by atoms with Gasteiger partial charge in [-0.05, 0) is 42.9 Å². The molecule has 12 nitrogen and oxygen atoms in total. The first-order valence-corrected chi connectivity index (χ1v) is 16.2. The SMILES string of the molecule is C=CCN(C)C(=O)C(C)NC(=O)NC(C(=O)N1C[C@H](CC)C[C@H]1C(=O)NC(CC1CCC1)C(=O)C(N)=O)C(C)(C)C.CC(C)C. The molecule has 256 valence electrons. The number of carbonyl (C=O) groups excluding carboxylic acids is 6. The fraction of sp³-hybridized carbons (Fsp3) is 0.758. The number of Topliss-reactive ketones (excluding diaryl/α,β-unsaturated/α-hetero) is 1. The van der Waals surface area contributed by atoms with Crippen molar-refractivity contribution in [3.8, 4) is 0 Å². The summed E-state index contributed by atoms with van der Waals surface area (Å²) in [6.07, 6.45) is 5.89. The average molecular weight is 635 g/mol. The van der Waals surface area contributed by atoms with Crippen molar-refractivity contribution < 1.29 is 28.8 Å². The number of ketones is 1. The third kappa shape index (κ3) is 12.5. The summed E-state index contributed by atoms with van der Waals surface area (Å²) >= 11 is 0. The summed E-state index contributed by atoms with van der Waals surface area (Å²) in [7, 11) is 1.60. The molecule has 1 heterocycles. The van der Waals surface area contributed by atoms with Crippen LogP contribution >= 0.6 is 0 Å². The van der Waals surface area contributed by atoms with Crippen molar-refractivity contribution in [3.63, 3.8) is 0 Å². The van der Waals surface area contributed by atoms with E-state index in [1.165, 1.54) is 9.80 Å². The Morgan fingerprint density at radius 2 is 1.58 bits per heavy atom. The molecule has 1 saturated carbocycles. The highest BCUT2D eigenvalue weighted by Gasteiger charge is 2.45. The minimum absolute atomic E-state index is 0.0408. The fourth-order valence-corrected chi connectivity index (χ4v) is 5.30.